The van der Waals surface area contributed by atoms with E-state index >= 15 is 0 Å². The van der Waals surface area contributed by atoms with E-state index in [0.29, 0.717) is 11.5 Å². The van der Waals surface area contributed by atoms with Crippen molar-refractivity contribution in [2.24, 2.45) is 5.41 Å². The van der Waals surface area contributed by atoms with Crippen molar-refractivity contribution in [1.82, 2.24) is 9.78 Å². The molecule has 1 atom stereocenters. The second-order valence-corrected chi connectivity index (χ2v) is 4.49. The molecule has 1 saturated carbocycles. The third kappa shape index (κ3) is 1.23. The Kier molecular flexibility index (Phi) is 1.65. The minimum atomic E-state index is 0.432. The molecule has 0 aliphatic heterocycles. The molecule has 13 heavy (non-hydrogen) atoms. The van der Waals surface area contributed by atoms with E-state index in [1.807, 2.05) is 17.8 Å². The van der Waals surface area contributed by atoms with Crippen molar-refractivity contribution in [3.8, 4) is 0 Å². The Labute approximate surface area is 78.9 Å². The van der Waals surface area contributed by atoms with Crippen molar-refractivity contribution in [3.05, 3.63) is 11.8 Å². The highest BCUT2D eigenvalue weighted by Gasteiger charge is 2.44. The molecule has 72 valence electrons. The molecular weight excluding hydrogens is 162 g/mol. The molecule has 0 bridgehead atoms. The van der Waals surface area contributed by atoms with Crippen molar-refractivity contribution in [1.29, 1.82) is 0 Å². The van der Waals surface area contributed by atoms with E-state index in [1.165, 1.54) is 12.8 Å². The molecule has 1 aliphatic carbocycles. The third-order valence-corrected chi connectivity index (χ3v) is 3.44. The number of aromatic nitrogens is 2. The maximum absolute atomic E-state index is 5.93. The molecule has 1 aromatic heterocycles. The van der Waals surface area contributed by atoms with Crippen LogP contribution in [0.5, 0.6) is 0 Å². The van der Waals surface area contributed by atoms with Gasteiger partial charge in [-0.1, -0.05) is 6.92 Å². The molecule has 3 heteroatoms. The maximum Gasteiger partial charge on any atom is 0.124 e. The van der Waals surface area contributed by atoms with Crippen molar-refractivity contribution in [3.63, 3.8) is 0 Å². The van der Waals surface area contributed by atoms with Crippen LogP contribution in [0.3, 0.4) is 0 Å². The lowest BCUT2D eigenvalue weighted by Crippen LogP contribution is -2.18. The lowest BCUT2D eigenvalue weighted by molar-refractivity contribution is 0.335. The number of aryl methyl sites for hydroxylation is 1. The summed E-state index contributed by atoms with van der Waals surface area (Å²) in [6.07, 6.45) is 4.44. The average molecular weight is 179 g/mol. The Bertz CT molecular complexity index is 323. The Morgan fingerprint density at radius 2 is 2.23 bits per heavy atom. The number of nitrogen functional groups attached to an aromatic ring is 1. The third-order valence-electron chi connectivity index (χ3n) is 3.44. The van der Waals surface area contributed by atoms with E-state index in [0.717, 1.165) is 11.4 Å². The van der Waals surface area contributed by atoms with Crippen LogP contribution in [-0.4, -0.2) is 9.78 Å². The summed E-state index contributed by atoms with van der Waals surface area (Å²) >= 11 is 0. The van der Waals surface area contributed by atoms with Crippen molar-refractivity contribution < 1.29 is 0 Å². The SMILES string of the molecule is Cc1cnn(C(C)C2(C)CC2)c1N. The van der Waals surface area contributed by atoms with Crippen molar-refractivity contribution >= 4 is 5.82 Å². The van der Waals surface area contributed by atoms with Crippen LogP contribution in [0.15, 0.2) is 6.20 Å². The van der Waals surface area contributed by atoms with Crippen LogP contribution in [-0.2, 0) is 0 Å². The molecule has 0 aromatic carbocycles. The summed E-state index contributed by atoms with van der Waals surface area (Å²) in [7, 11) is 0. The van der Waals surface area contributed by atoms with Crippen LogP contribution in [0.25, 0.3) is 0 Å². The van der Waals surface area contributed by atoms with Crippen LogP contribution in [0.4, 0.5) is 5.82 Å². The molecule has 1 aliphatic rings. The fourth-order valence-corrected chi connectivity index (χ4v) is 1.68. The van der Waals surface area contributed by atoms with Crippen LogP contribution < -0.4 is 5.73 Å². The molecule has 3 nitrogen and oxygen atoms in total. The van der Waals surface area contributed by atoms with Gasteiger partial charge in [0.25, 0.3) is 0 Å². The fourth-order valence-electron chi connectivity index (χ4n) is 1.68. The van der Waals surface area contributed by atoms with E-state index in [2.05, 4.69) is 18.9 Å². The van der Waals surface area contributed by atoms with Crippen LogP contribution in [0.2, 0.25) is 0 Å². The smallest absolute Gasteiger partial charge is 0.124 e. The summed E-state index contributed by atoms with van der Waals surface area (Å²) in [5.41, 5.74) is 7.45. The number of nitrogens with two attached hydrogens (primary N) is 1. The quantitative estimate of drug-likeness (QED) is 0.755. The lowest BCUT2D eigenvalue weighted by Gasteiger charge is -2.20. The van der Waals surface area contributed by atoms with Gasteiger partial charge in [0.15, 0.2) is 0 Å². The van der Waals surface area contributed by atoms with Crippen LogP contribution >= 0.6 is 0 Å². The molecule has 2 N–H and O–H groups in total. The maximum atomic E-state index is 5.93. The average Bonchev–Trinajstić information content (AvgIpc) is 2.76. The summed E-state index contributed by atoms with van der Waals surface area (Å²) in [5.74, 6) is 0.820. The second kappa shape index (κ2) is 2.50. The first-order chi connectivity index (χ1) is 6.04. The number of hydrogen-bond donors (Lipinski definition) is 1. The van der Waals surface area contributed by atoms with E-state index in [9.17, 15) is 0 Å². The first-order valence-electron chi connectivity index (χ1n) is 4.84. The summed E-state index contributed by atoms with van der Waals surface area (Å²) in [6.45, 7) is 6.50. The molecule has 0 amide bonds. The molecule has 1 fully saturated rings. The van der Waals surface area contributed by atoms with E-state index in [1.54, 1.807) is 0 Å². The van der Waals surface area contributed by atoms with Gasteiger partial charge in [-0.25, -0.2) is 4.68 Å². The Hall–Kier alpha value is -0.990. The van der Waals surface area contributed by atoms with Crippen molar-refractivity contribution in [2.75, 3.05) is 5.73 Å². The van der Waals surface area contributed by atoms with Gasteiger partial charge >= 0.3 is 0 Å². The molecule has 0 saturated heterocycles. The van der Waals surface area contributed by atoms with Gasteiger partial charge in [0.1, 0.15) is 5.82 Å². The fraction of sp³-hybridized carbons (Fsp3) is 0.700. The Balaban J connectivity index is 2.30. The summed E-state index contributed by atoms with van der Waals surface area (Å²) in [5, 5.41) is 4.31. The number of hydrogen-bond acceptors (Lipinski definition) is 2. The lowest BCUT2D eigenvalue weighted by atomic mass is 10.0. The van der Waals surface area contributed by atoms with Gasteiger partial charge < -0.3 is 5.73 Å². The predicted octanol–water partition coefficient (Wildman–Crippen LogP) is 2.13. The van der Waals surface area contributed by atoms with Gasteiger partial charge in [0.05, 0.1) is 12.2 Å². The molecule has 0 radical (unpaired) electrons. The van der Waals surface area contributed by atoms with Gasteiger partial charge in [-0.3, -0.25) is 0 Å². The minimum Gasteiger partial charge on any atom is -0.384 e. The van der Waals surface area contributed by atoms with Gasteiger partial charge in [0.2, 0.25) is 0 Å². The summed E-state index contributed by atoms with van der Waals surface area (Å²) < 4.78 is 1.96. The zero-order valence-corrected chi connectivity index (χ0v) is 8.54. The molecular formula is C10H17N3. The van der Waals surface area contributed by atoms with Gasteiger partial charge in [-0.15, -0.1) is 0 Å². The minimum absolute atomic E-state index is 0.432. The van der Waals surface area contributed by atoms with Crippen molar-refractivity contribution in [2.45, 2.75) is 39.7 Å². The second-order valence-electron chi connectivity index (χ2n) is 4.49. The highest BCUT2D eigenvalue weighted by atomic mass is 15.3. The zero-order valence-electron chi connectivity index (χ0n) is 8.54. The number of anilines is 1. The van der Waals surface area contributed by atoms with Gasteiger partial charge in [-0.2, -0.15) is 5.10 Å². The standard InChI is InChI=1S/C10H17N3/c1-7-6-12-13(9(7)11)8(2)10(3)4-5-10/h6,8H,4-5,11H2,1-3H3. The topological polar surface area (TPSA) is 43.8 Å². The number of nitrogens with zero attached hydrogens (tertiary/aromatic N) is 2. The Morgan fingerprint density at radius 3 is 2.62 bits per heavy atom. The first kappa shape index (κ1) is 8.60. The largest absolute Gasteiger partial charge is 0.384 e. The van der Waals surface area contributed by atoms with Gasteiger partial charge in [-0.05, 0) is 32.1 Å². The molecule has 2 rings (SSSR count). The van der Waals surface area contributed by atoms with Crippen LogP contribution in [0, 0.1) is 12.3 Å². The summed E-state index contributed by atoms with van der Waals surface area (Å²) in [4.78, 5) is 0. The normalized spacial score (nSPS) is 21.5. The molecule has 0 spiro atoms. The van der Waals surface area contributed by atoms with E-state index in [4.69, 9.17) is 5.73 Å². The molecule has 1 heterocycles. The van der Waals surface area contributed by atoms with E-state index in [-0.39, 0.29) is 0 Å². The molecule has 1 aromatic rings. The summed E-state index contributed by atoms with van der Waals surface area (Å²) in [6, 6.07) is 0.432. The zero-order chi connectivity index (χ0) is 9.64. The highest BCUT2D eigenvalue weighted by Crippen LogP contribution is 2.53. The van der Waals surface area contributed by atoms with Gasteiger partial charge in [0, 0.05) is 5.56 Å². The Morgan fingerprint density at radius 1 is 1.62 bits per heavy atom. The number of rotatable bonds is 2. The van der Waals surface area contributed by atoms with E-state index < -0.39 is 0 Å². The first-order valence-corrected chi connectivity index (χ1v) is 4.84. The highest BCUT2D eigenvalue weighted by molar-refractivity contribution is 5.37. The monoisotopic (exact) mass is 179 g/mol. The van der Waals surface area contributed by atoms with Crippen LogP contribution in [0.1, 0.15) is 38.3 Å². The molecule has 1 unspecified atom stereocenters. The predicted molar refractivity (Wildman–Crippen MR) is 53.4 cm³/mol.